The molecule has 1 saturated heterocycles. The minimum Gasteiger partial charge on any atom is -0.383 e. The van der Waals surface area contributed by atoms with Gasteiger partial charge in [0, 0.05) is 50.0 Å². The van der Waals surface area contributed by atoms with Crippen LogP contribution in [-0.2, 0) is 10.0 Å². The fourth-order valence-electron chi connectivity index (χ4n) is 6.08. The maximum absolute atomic E-state index is 15.3. The van der Waals surface area contributed by atoms with Crippen LogP contribution in [0.1, 0.15) is 31.7 Å². The first-order valence-corrected chi connectivity index (χ1v) is 15.3. The van der Waals surface area contributed by atoms with Crippen molar-refractivity contribution in [1.29, 1.82) is 0 Å². The molecule has 2 aliphatic rings. The summed E-state index contributed by atoms with van der Waals surface area (Å²) < 4.78 is 58.4. The molecule has 9 nitrogen and oxygen atoms in total. The van der Waals surface area contributed by atoms with Gasteiger partial charge in [-0.1, -0.05) is 6.07 Å². The van der Waals surface area contributed by atoms with Crippen molar-refractivity contribution >= 4 is 32.6 Å². The molecule has 0 spiro atoms. The molecule has 12 heteroatoms. The summed E-state index contributed by atoms with van der Waals surface area (Å²) in [6.07, 6.45) is 7.61. The van der Waals surface area contributed by atoms with E-state index in [4.69, 9.17) is 5.73 Å². The molecule has 1 aliphatic heterocycles. The predicted molar refractivity (Wildman–Crippen MR) is 155 cm³/mol. The van der Waals surface area contributed by atoms with Crippen LogP contribution in [0.2, 0.25) is 0 Å². The Morgan fingerprint density at radius 3 is 2.29 bits per heavy atom. The molecular weight excluding hydrogens is 548 g/mol. The Labute approximate surface area is 238 Å². The summed E-state index contributed by atoms with van der Waals surface area (Å²) >= 11 is 0. The number of nitrogens with one attached hydrogen (secondary N) is 1. The van der Waals surface area contributed by atoms with E-state index in [1.54, 1.807) is 6.07 Å². The highest BCUT2D eigenvalue weighted by Crippen LogP contribution is 2.39. The lowest BCUT2D eigenvalue weighted by atomic mass is 9.89. The third kappa shape index (κ3) is 5.51. The number of halogens is 2. The Morgan fingerprint density at radius 1 is 0.927 bits per heavy atom. The van der Waals surface area contributed by atoms with E-state index in [2.05, 4.69) is 36.1 Å². The van der Waals surface area contributed by atoms with E-state index in [1.165, 1.54) is 18.5 Å². The number of hydrogen-bond acceptors (Lipinski definition) is 7. The first-order chi connectivity index (χ1) is 19.7. The highest BCUT2D eigenvalue weighted by Gasteiger charge is 2.30. The van der Waals surface area contributed by atoms with Gasteiger partial charge in [-0.25, -0.2) is 27.2 Å². The van der Waals surface area contributed by atoms with Crippen LogP contribution < -0.4 is 10.5 Å². The van der Waals surface area contributed by atoms with Crippen molar-refractivity contribution in [2.75, 3.05) is 43.7 Å². The van der Waals surface area contributed by atoms with Crippen LogP contribution in [0, 0.1) is 11.6 Å². The van der Waals surface area contributed by atoms with Crippen LogP contribution in [0.5, 0.6) is 0 Å². The van der Waals surface area contributed by atoms with Gasteiger partial charge < -0.3 is 15.2 Å². The number of nitrogen functional groups attached to an aromatic ring is 1. The minimum atomic E-state index is -4.10. The number of sulfonamides is 1. The van der Waals surface area contributed by atoms with Crippen LogP contribution in [0.3, 0.4) is 0 Å². The molecule has 2 fully saturated rings. The third-order valence-electron chi connectivity index (χ3n) is 8.40. The molecule has 216 valence electrons. The topological polar surface area (TPSA) is 109 Å². The number of rotatable bonds is 6. The zero-order chi connectivity index (χ0) is 28.7. The number of piperazine rings is 1. The highest BCUT2D eigenvalue weighted by molar-refractivity contribution is 7.92. The quantitative estimate of drug-likeness (QED) is 0.345. The number of fused-ring (bicyclic) bond motifs is 1. The van der Waals surface area contributed by atoms with Crippen molar-refractivity contribution in [3.63, 3.8) is 0 Å². The average molecular weight is 582 g/mol. The lowest BCUT2D eigenvalue weighted by Gasteiger charge is -2.41. The zero-order valence-electron chi connectivity index (χ0n) is 22.8. The molecule has 41 heavy (non-hydrogen) atoms. The van der Waals surface area contributed by atoms with Crippen molar-refractivity contribution in [2.45, 2.75) is 42.7 Å². The summed E-state index contributed by atoms with van der Waals surface area (Å²) in [6, 6.07) is 9.43. The molecule has 0 unspecified atom stereocenters. The van der Waals surface area contributed by atoms with Crippen molar-refractivity contribution < 1.29 is 17.2 Å². The largest absolute Gasteiger partial charge is 0.383 e. The summed E-state index contributed by atoms with van der Waals surface area (Å²) in [5.41, 5.74) is 8.02. The molecule has 6 rings (SSSR count). The number of nitrogens with zero attached hydrogens (tertiary/aromatic N) is 5. The van der Waals surface area contributed by atoms with Gasteiger partial charge in [0.1, 0.15) is 29.4 Å². The second-order valence-electron chi connectivity index (χ2n) is 11.0. The molecule has 3 heterocycles. The smallest absolute Gasteiger partial charge is 0.261 e. The fraction of sp³-hybridized carbons (Fsp3) is 0.379. The monoisotopic (exact) mass is 581 g/mol. The van der Waals surface area contributed by atoms with Gasteiger partial charge in [-0.2, -0.15) is 0 Å². The van der Waals surface area contributed by atoms with Gasteiger partial charge in [-0.05, 0) is 74.7 Å². The molecule has 4 aromatic rings. The lowest BCUT2D eigenvalue weighted by molar-refractivity contribution is 0.0828. The van der Waals surface area contributed by atoms with Gasteiger partial charge >= 0.3 is 0 Å². The molecule has 2 aromatic carbocycles. The summed E-state index contributed by atoms with van der Waals surface area (Å²) in [5, 5.41) is 0.646. The van der Waals surface area contributed by atoms with Crippen LogP contribution in [-0.4, -0.2) is 72.0 Å². The van der Waals surface area contributed by atoms with Crippen molar-refractivity contribution in [3.05, 3.63) is 66.6 Å². The number of likely N-dealkylation sites (N-methyl/N-ethyl adjacent to an activating group) is 1. The summed E-state index contributed by atoms with van der Waals surface area (Å²) in [4.78, 5) is 13.6. The van der Waals surface area contributed by atoms with Crippen LogP contribution >= 0.6 is 0 Å². The van der Waals surface area contributed by atoms with Crippen molar-refractivity contribution in [3.8, 4) is 11.1 Å². The van der Waals surface area contributed by atoms with E-state index < -0.39 is 21.7 Å². The van der Waals surface area contributed by atoms with Gasteiger partial charge in [0.2, 0.25) is 0 Å². The van der Waals surface area contributed by atoms with E-state index in [0.717, 1.165) is 76.1 Å². The van der Waals surface area contributed by atoms with Crippen LogP contribution in [0.4, 0.5) is 20.3 Å². The molecule has 2 aromatic heterocycles. The molecule has 1 saturated carbocycles. The maximum atomic E-state index is 15.3. The molecule has 1 aliphatic carbocycles. The number of benzene rings is 2. The van der Waals surface area contributed by atoms with Gasteiger partial charge in [0.15, 0.2) is 0 Å². The van der Waals surface area contributed by atoms with E-state index in [1.807, 2.05) is 6.20 Å². The van der Waals surface area contributed by atoms with Gasteiger partial charge in [-0.3, -0.25) is 9.62 Å². The van der Waals surface area contributed by atoms with Crippen molar-refractivity contribution in [1.82, 2.24) is 24.3 Å². The Morgan fingerprint density at radius 2 is 1.61 bits per heavy atom. The van der Waals surface area contributed by atoms with Crippen molar-refractivity contribution in [2.24, 2.45) is 0 Å². The Kier molecular flexibility index (Phi) is 7.39. The average Bonchev–Trinajstić information content (AvgIpc) is 3.36. The fourth-order valence-corrected chi connectivity index (χ4v) is 7.14. The minimum absolute atomic E-state index is 0.169. The first-order valence-electron chi connectivity index (χ1n) is 13.8. The molecular formula is C29H33F2N7O2S. The number of nitrogens with two attached hydrogens (primary N) is 1. The molecule has 0 bridgehead atoms. The van der Waals surface area contributed by atoms with Gasteiger partial charge in [-0.15, -0.1) is 0 Å². The van der Waals surface area contributed by atoms with Crippen LogP contribution in [0.25, 0.3) is 22.2 Å². The molecule has 0 atom stereocenters. The Hall–Kier alpha value is -3.61. The second-order valence-corrected chi connectivity index (χ2v) is 12.6. The van der Waals surface area contributed by atoms with E-state index in [0.29, 0.717) is 34.0 Å². The van der Waals surface area contributed by atoms with Gasteiger partial charge in [0.05, 0.1) is 16.0 Å². The Balaban J connectivity index is 1.26. The second kappa shape index (κ2) is 11.0. The normalized spacial score (nSPS) is 20.9. The van der Waals surface area contributed by atoms with E-state index in [-0.39, 0.29) is 16.6 Å². The standard InChI is InChI=1S/C29H33F2N7O2S/c1-36-12-14-37(15-13-36)21-5-7-22(8-6-21)38-17-24(27-28(32)33-18-34-29(27)38)19-2-11-26(25(31)16-19)35-41(39,40)23-9-3-20(30)4-10-23/h2-4,9-11,16-18,21-22,35H,5-8,12-15H2,1H3,(H2,32,33,34). The molecule has 0 amide bonds. The SMILES string of the molecule is CN1CCN(C2CCC(n3cc(-c4ccc(NS(=O)(=O)c5ccc(F)cc5)c(F)c4)c4c(N)ncnc43)CC2)CC1. The van der Waals surface area contributed by atoms with E-state index in [9.17, 15) is 12.8 Å². The third-order valence-corrected chi connectivity index (χ3v) is 9.78. The lowest BCUT2D eigenvalue weighted by Crippen LogP contribution is -2.49. The molecule has 3 N–H and O–H groups in total. The summed E-state index contributed by atoms with van der Waals surface area (Å²) in [5.74, 6) is -1.02. The number of aromatic nitrogens is 3. The van der Waals surface area contributed by atoms with Crippen LogP contribution in [0.15, 0.2) is 59.9 Å². The first kappa shape index (κ1) is 27.6. The maximum Gasteiger partial charge on any atom is 0.261 e. The number of hydrogen-bond donors (Lipinski definition) is 2. The zero-order valence-corrected chi connectivity index (χ0v) is 23.6. The number of anilines is 2. The summed E-state index contributed by atoms with van der Waals surface area (Å²) in [6.45, 7) is 4.41. The Bertz CT molecular complexity index is 1660. The highest BCUT2D eigenvalue weighted by atomic mass is 32.2. The summed E-state index contributed by atoms with van der Waals surface area (Å²) in [7, 11) is -1.94. The van der Waals surface area contributed by atoms with E-state index >= 15 is 4.39 Å². The predicted octanol–water partition coefficient (Wildman–Crippen LogP) is 4.49. The van der Waals surface area contributed by atoms with Gasteiger partial charge in [0.25, 0.3) is 10.0 Å². The molecule has 0 radical (unpaired) electrons.